The van der Waals surface area contributed by atoms with E-state index < -0.39 is 10.1 Å². The van der Waals surface area contributed by atoms with Gasteiger partial charge in [0.25, 0.3) is 10.1 Å². The number of rotatable bonds is 4. The molecule has 0 aromatic carbocycles. The molecule has 0 fully saturated rings. The van der Waals surface area contributed by atoms with E-state index in [0.29, 0.717) is 6.54 Å². The van der Waals surface area contributed by atoms with Crippen molar-refractivity contribution < 1.29 is 12.6 Å². The summed E-state index contributed by atoms with van der Waals surface area (Å²) in [6, 6.07) is 2.12. The predicted molar refractivity (Wildman–Crippen MR) is 69.1 cm³/mol. The summed E-state index contributed by atoms with van der Waals surface area (Å²) in [6.07, 6.45) is 3.82. The highest BCUT2D eigenvalue weighted by atomic mass is 32.2. The predicted octanol–water partition coefficient (Wildman–Crippen LogP) is 1.49. The Bertz CT molecular complexity index is 685. The highest BCUT2D eigenvalue weighted by molar-refractivity contribution is 7.85. The normalized spacial score (nSPS) is 13.6. The van der Waals surface area contributed by atoms with Crippen LogP contribution >= 0.6 is 11.3 Å². The van der Waals surface area contributed by atoms with Crippen LogP contribution in [0.5, 0.6) is 0 Å². The van der Waals surface area contributed by atoms with Gasteiger partial charge in [-0.1, -0.05) is 0 Å². The standard InChI is InChI=1S/C11H12N2O3S2/c1-18(14,15)16-4-3-13-10-9(7-12-13)6-8-2-5-17-11(8)10/h2,5,7H,3-4,6H2,1H3. The summed E-state index contributed by atoms with van der Waals surface area (Å²) in [6.45, 7) is 0.563. The molecule has 2 aromatic heterocycles. The maximum Gasteiger partial charge on any atom is 0.264 e. The van der Waals surface area contributed by atoms with Gasteiger partial charge in [0.05, 0.1) is 36.2 Å². The van der Waals surface area contributed by atoms with Crippen LogP contribution < -0.4 is 0 Å². The van der Waals surface area contributed by atoms with E-state index in [1.54, 1.807) is 11.3 Å². The van der Waals surface area contributed by atoms with Crippen molar-refractivity contribution in [1.82, 2.24) is 9.78 Å². The van der Waals surface area contributed by atoms with Crippen LogP contribution in [0.3, 0.4) is 0 Å². The lowest BCUT2D eigenvalue weighted by Gasteiger charge is -2.05. The lowest BCUT2D eigenvalue weighted by molar-refractivity contribution is 0.298. The summed E-state index contributed by atoms with van der Waals surface area (Å²) < 4.78 is 28.4. The van der Waals surface area contributed by atoms with Crippen molar-refractivity contribution in [2.75, 3.05) is 12.9 Å². The number of nitrogens with zero attached hydrogens (tertiary/aromatic N) is 2. The summed E-state index contributed by atoms with van der Waals surface area (Å²) in [5.74, 6) is 0. The van der Waals surface area contributed by atoms with Gasteiger partial charge < -0.3 is 0 Å². The van der Waals surface area contributed by atoms with Gasteiger partial charge in [-0.2, -0.15) is 13.5 Å². The first-order valence-corrected chi connectivity index (χ1v) is 8.20. The first kappa shape index (κ1) is 11.9. The Balaban J connectivity index is 1.81. The molecular weight excluding hydrogens is 272 g/mol. The molecule has 0 bridgehead atoms. The number of hydrogen-bond acceptors (Lipinski definition) is 5. The van der Waals surface area contributed by atoms with Gasteiger partial charge in [0, 0.05) is 12.0 Å². The molecule has 0 amide bonds. The van der Waals surface area contributed by atoms with Crippen molar-refractivity contribution in [2.45, 2.75) is 13.0 Å². The van der Waals surface area contributed by atoms with E-state index >= 15 is 0 Å². The Morgan fingerprint density at radius 1 is 1.50 bits per heavy atom. The molecule has 0 N–H and O–H groups in total. The molecule has 0 spiro atoms. The SMILES string of the molecule is CS(=O)(=O)OCCn1ncc2c1-c1sccc1C2. The third-order valence-electron chi connectivity index (χ3n) is 2.86. The molecule has 1 aliphatic carbocycles. The molecule has 0 saturated heterocycles. The summed E-state index contributed by atoms with van der Waals surface area (Å²) >= 11 is 1.69. The van der Waals surface area contributed by atoms with Gasteiger partial charge in [0.15, 0.2) is 0 Å². The van der Waals surface area contributed by atoms with Crippen LogP contribution in [-0.2, 0) is 27.3 Å². The van der Waals surface area contributed by atoms with Gasteiger partial charge in [-0.25, -0.2) is 0 Å². The quantitative estimate of drug-likeness (QED) is 0.681. The van der Waals surface area contributed by atoms with Crippen molar-refractivity contribution in [3.63, 3.8) is 0 Å². The first-order valence-electron chi connectivity index (χ1n) is 5.50. The van der Waals surface area contributed by atoms with E-state index in [1.165, 1.54) is 16.0 Å². The summed E-state index contributed by atoms with van der Waals surface area (Å²) in [5, 5.41) is 6.35. The van der Waals surface area contributed by atoms with E-state index in [2.05, 4.69) is 16.5 Å². The second-order valence-corrected chi connectivity index (χ2v) is 6.78. The van der Waals surface area contributed by atoms with Crippen LogP contribution in [0.2, 0.25) is 0 Å². The molecule has 96 valence electrons. The second kappa shape index (κ2) is 4.18. The van der Waals surface area contributed by atoms with Gasteiger partial charge in [-0.3, -0.25) is 8.86 Å². The molecule has 2 aromatic rings. The Labute approximate surface area is 109 Å². The fourth-order valence-electron chi connectivity index (χ4n) is 2.15. The maximum atomic E-state index is 10.9. The minimum Gasteiger partial charge on any atom is -0.268 e. The van der Waals surface area contributed by atoms with Gasteiger partial charge in [0.2, 0.25) is 0 Å². The van der Waals surface area contributed by atoms with E-state index in [-0.39, 0.29) is 6.61 Å². The molecular formula is C11H12N2O3S2. The van der Waals surface area contributed by atoms with Crippen molar-refractivity contribution in [3.8, 4) is 10.6 Å². The van der Waals surface area contributed by atoms with Crippen LogP contribution in [0.4, 0.5) is 0 Å². The van der Waals surface area contributed by atoms with Crippen LogP contribution in [0.1, 0.15) is 11.1 Å². The van der Waals surface area contributed by atoms with Crippen LogP contribution in [0.15, 0.2) is 17.6 Å². The largest absolute Gasteiger partial charge is 0.268 e. The van der Waals surface area contributed by atoms with Crippen molar-refractivity contribution in [1.29, 1.82) is 0 Å². The number of aromatic nitrogens is 2. The first-order chi connectivity index (χ1) is 8.54. The van der Waals surface area contributed by atoms with E-state index in [9.17, 15) is 8.42 Å². The molecule has 3 rings (SSSR count). The van der Waals surface area contributed by atoms with Gasteiger partial charge in [-0.05, 0) is 17.0 Å². The Morgan fingerprint density at radius 3 is 3.11 bits per heavy atom. The molecule has 7 heteroatoms. The van der Waals surface area contributed by atoms with Crippen molar-refractivity contribution in [2.24, 2.45) is 0 Å². The third kappa shape index (κ3) is 2.09. The molecule has 0 aliphatic heterocycles. The molecule has 5 nitrogen and oxygen atoms in total. The molecule has 1 aliphatic rings. The monoisotopic (exact) mass is 284 g/mol. The highest BCUT2D eigenvalue weighted by Crippen LogP contribution is 2.40. The van der Waals surface area contributed by atoms with Gasteiger partial charge in [-0.15, -0.1) is 11.3 Å². The topological polar surface area (TPSA) is 61.2 Å². The van der Waals surface area contributed by atoms with Crippen LogP contribution in [0.25, 0.3) is 10.6 Å². The smallest absolute Gasteiger partial charge is 0.264 e. The maximum absolute atomic E-state index is 10.9. The summed E-state index contributed by atoms with van der Waals surface area (Å²) in [5.41, 5.74) is 3.64. The van der Waals surface area contributed by atoms with Crippen LogP contribution in [-0.4, -0.2) is 31.1 Å². The molecule has 0 saturated carbocycles. The van der Waals surface area contributed by atoms with E-state index in [1.807, 2.05) is 10.9 Å². The van der Waals surface area contributed by atoms with Crippen molar-refractivity contribution in [3.05, 3.63) is 28.8 Å². The summed E-state index contributed by atoms with van der Waals surface area (Å²) in [7, 11) is -3.38. The lowest BCUT2D eigenvalue weighted by Crippen LogP contribution is -2.11. The number of fused-ring (bicyclic) bond motifs is 3. The molecule has 0 radical (unpaired) electrons. The molecule has 2 heterocycles. The van der Waals surface area contributed by atoms with E-state index in [4.69, 9.17) is 4.18 Å². The third-order valence-corrected chi connectivity index (χ3v) is 4.42. The zero-order valence-electron chi connectivity index (χ0n) is 9.79. The molecule has 0 unspecified atom stereocenters. The van der Waals surface area contributed by atoms with Crippen molar-refractivity contribution >= 4 is 21.5 Å². The fraction of sp³-hybridized carbons (Fsp3) is 0.364. The highest BCUT2D eigenvalue weighted by Gasteiger charge is 2.24. The average molecular weight is 284 g/mol. The zero-order valence-corrected chi connectivity index (χ0v) is 11.4. The number of thiophene rings is 1. The zero-order chi connectivity index (χ0) is 12.8. The Kier molecular flexibility index (Phi) is 2.76. The minimum atomic E-state index is -3.38. The second-order valence-electron chi connectivity index (χ2n) is 4.22. The fourth-order valence-corrected chi connectivity index (χ4v) is 3.53. The van der Waals surface area contributed by atoms with E-state index in [0.717, 1.165) is 18.4 Å². The molecule has 0 atom stereocenters. The average Bonchev–Trinajstić information content (AvgIpc) is 2.87. The minimum absolute atomic E-state index is 0.119. The Morgan fingerprint density at radius 2 is 2.33 bits per heavy atom. The molecule has 18 heavy (non-hydrogen) atoms. The lowest BCUT2D eigenvalue weighted by atomic mass is 10.2. The van der Waals surface area contributed by atoms with Crippen LogP contribution in [0, 0.1) is 0 Å². The Hall–Kier alpha value is -1.18. The number of hydrogen-bond donors (Lipinski definition) is 0. The van der Waals surface area contributed by atoms with Gasteiger partial charge >= 0.3 is 0 Å². The summed E-state index contributed by atoms with van der Waals surface area (Å²) in [4.78, 5) is 1.24. The van der Waals surface area contributed by atoms with Gasteiger partial charge in [0.1, 0.15) is 0 Å².